The maximum absolute atomic E-state index is 13.0. The average Bonchev–Trinajstić information content (AvgIpc) is 3.28. The second-order valence-electron chi connectivity index (χ2n) is 6.80. The summed E-state index contributed by atoms with van der Waals surface area (Å²) in [4.78, 5) is 39.2. The van der Waals surface area contributed by atoms with Crippen molar-refractivity contribution in [2.45, 2.75) is 12.1 Å². The molecule has 2 unspecified atom stereocenters. The van der Waals surface area contributed by atoms with E-state index in [1.165, 1.54) is 18.2 Å². The number of rotatable bonds is 6. The van der Waals surface area contributed by atoms with Crippen LogP contribution in [-0.4, -0.2) is 55.6 Å². The predicted octanol–water partition coefficient (Wildman–Crippen LogP) is 2.29. The van der Waals surface area contributed by atoms with E-state index in [4.69, 9.17) is 21.1 Å². The van der Waals surface area contributed by atoms with Gasteiger partial charge in [-0.1, -0.05) is 16.8 Å². The quantitative estimate of drug-likeness (QED) is 0.685. The number of carbonyl (C=O) groups is 3. The number of nitrogens with zero attached hydrogens (tertiary/aromatic N) is 4. The minimum Gasteiger partial charge on any atom is -0.497 e. The number of methoxy groups -OCH3 is 2. The summed E-state index contributed by atoms with van der Waals surface area (Å²) in [6.07, 6.45) is 0. The molecule has 3 amide bonds. The van der Waals surface area contributed by atoms with Crippen LogP contribution in [0.3, 0.4) is 0 Å². The van der Waals surface area contributed by atoms with Crippen molar-refractivity contribution in [2.24, 2.45) is 10.3 Å². The third-order valence-corrected chi connectivity index (χ3v) is 5.23. The SMILES string of the molecule is COc1ccc(NC(=O)CN2N=NC3C(=O)N(c4ccc(OC)c(Cl)c4)C(=O)C32)cc1. The second-order valence-corrected chi connectivity index (χ2v) is 7.21. The van der Waals surface area contributed by atoms with Crippen LogP contribution in [0.1, 0.15) is 0 Å². The fraction of sp³-hybridized carbons (Fsp3) is 0.250. The highest BCUT2D eigenvalue weighted by atomic mass is 35.5. The van der Waals surface area contributed by atoms with Crippen molar-refractivity contribution in [2.75, 3.05) is 31.0 Å². The van der Waals surface area contributed by atoms with Gasteiger partial charge in [-0.15, -0.1) is 0 Å². The van der Waals surface area contributed by atoms with Gasteiger partial charge in [0.25, 0.3) is 11.8 Å². The van der Waals surface area contributed by atoms with Gasteiger partial charge < -0.3 is 14.8 Å². The minimum atomic E-state index is -1.01. The number of hydrogen-bond donors (Lipinski definition) is 1. The molecule has 160 valence electrons. The van der Waals surface area contributed by atoms with Gasteiger partial charge in [0.05, 0.1) is 24.9 Å². The summed E-state index contributed by atoms with van der Waals surface area (Å²) < 4.78 is 10.2. The lowest BCUT2D eigenvalue weighted by Crippen LogP contribution is -2.43. The molecule has 2 aliphatic heterocycles. The normalized spacial score (nSPS) is 19.6. The van der Waals surface area contributed by atoms with Crippen molar-refractivity contribution in [3.05, 3.63) is 47.5 Å². The molecule has 1 N–H and O–H groups in total. The van der Waals surface area contributed by atoms with Crippen LogP contribution in [0.15, 0.2) is 52.8 Å². The van der Waals surface area contributed by atoms with E-state index in [1.54, 1.807) is 43.5 Å². The van der Waals surface area contributed by atoms with Crippen molar-refractivity contribution in [1.29, 1.82) is 0 Å². The Morgan fingerprint density at radius 1 is 1.10 bits per heavy atom. The largest absolute Gasteiger partial charge is 0.497 e. The van der Waals surface area contributed by atoms with Gasteiger partial charge in [-0.25, -0.2) is 4.90 Å². The molecule has 0 spiro atoms. The van der Waals surface area contributed by atoms with E-state index >= 15 is 0 Å². The Bertz CT molecular complexity index is 1070. The zero-order chi connectivity index (χ0) is 22.1. The summed E-state index contributed by atoms with van der Waals surface area (Å²) in [5.74, 6) is -0.392. The van der Waals surface area contributed by atoms with Gasteiger partial charge in [0.15, 0.2) is 12.1 Å². The van der Waals surface area contributed by atoms with Gasteiger partial charge in [0.1, 0.15) is 18.0 Å². The summed E-state index contributed by atoms with van der Waals surface area (Å²) in [7, 11) is 3.01. The van der Waals surface area contributed by atoms with Crippen molar-refractivity contribution in [3.63, 3.8) is 0 Å². The van der Waals surface area contributed by atoms with Crippen LogP contribution in [0.5, 0.6) is 11.5 Å². The Hall–Kier alpha value is -3.66. The maximum atomic E-state index is 13.0. The number of ether oxygens (including phenoxy) is 2. The number of fused-ring (bicyclic) bond motifs is 1. The van der Waals surface area contributed by atoms with Gasteiger partial charge in [-0.05, 0) is 42.5 Å². The molecule has 2 aromatic rings. The summed E-state index contributed by atoms with van der Waals surface area (Å²) in [5.41, 5.74) is 0.856. The van der Waals surface area contributed by atoms with Crippen molar-refractivity contribution in [1.82, 2.24) is 5.01 Å². The number of imide groups is 1. The minimum absolute atomic E-state index is 0.243. The van der Waals surface area contributed by atoms with E-state index in [2.05, 4.69) is 15.7 Å². The van der Waals surface area contributed by atoms with Crippen LogP contribution in [0.4, 0.5) is 11.4 Å². The zero-order valence-corrected chi connectivity index (χ0v) is 17.4. The van der Waals surface area contributed by atoms with Gasteiger partial charge in [0.2, 0.25) is 5.91 Å². The van der Waals surface area contributed by atoms with Crippen LogP contribution >= 0.6 is 11.6 Å². The molecule has 0 aliphatic carbocycles. The standard InChI is InChI=1S/C20H18ClN5O5/c1-30-13-6-3-11(4-7-13)22-16(27)10-25-18-17(23-24-25)19(28)26(20(18)29)12-5-8-15(31-2)14(21)9-12/h3-9,17-18H,10H2,1-2H3,(H,22,27). The van der Waals surface area contributed by atoms with Crippen LogP contribution in [-0.2, 0) is 14.4 Å². The van der Waals surface area contributed by atoms with Gasteiger partial charge in [-0.2, -0.15) is 5.11 Å². The molecule has 31 heavy (non-hydrogen) atoms. The molecular weight excluding hydrogens is 426 g/mol. The highest BCUT2D eigenvalue weighted by molar-refractivity contribution is 6.33. The number of anilines is 2. The smallest absolute Gasteiger partial charge is 0.263 e. The molecule has 0 bridgehead atoms. The first-order valence-corrected chi connectivity index (χ1v) is 9.63. The summed E-state index contributed by atoms with van der Waals surface area (Å²) in [5, 5.41) is 12.0. The lowest BCUT2D eigenvalue weighted by atomic mass is 10.1. The molecule has 2 aliphatic rings. The van der Waals surface area contributed by atoms with Crippen LogP contribution in [0.2, 0.25) is 5.02 Å². The molecule has 0 aromatic heterocycles. The Morgan fingerprint density at radius 2 is 1.84 bits per heavy atom. The van der Waals surface area contributed by atoms with Crippen LogP contribution in [0.25, 0.3) is 0 Å². The molecule has 2 atom stereocenters. The molecule has 2 aromatic carbocycles. The number of carbonyl (C=O) groups excluding carboxylic acids is 3. The second kappa shape index (κ2) is 8.23. The Balaban J connectivity index is 1.47. The van der Waals surface area contributed by atoms with E-state index < -0.39 is 29.8 Å². The third kappa shape index (κ3) is 3.77. The van der Waals surface area contributed by atoms with Crippen molar-refractivity contribution >= 4 is 40.7 Å². The monoisotopic (exact) mass is 443 g/mol. The maximum Gasteiger partial charge on any atom is 0.263 e. The van der Waals surface area contributed by atoms with Crippen LogP contribution < -0.4 is 19.7 Å². The zero-order valence-electron chi connectivity index (χ0n) is 16.6. The van der Waals surface area contributed by atoms with Crippen molar-refractivity contribution < 1.29 is 23.9 Å². The molecule has 0 saturated carbocycles. The van der Waals surface area contributed by atoms with Crippen molar-refractivity contribution in [3.8, 4) is 11.5 Å². The highest BCUT2D eigenvalue weighted by Gasteiger charge is 2.55. The third-order valence-electron chi connectivity index (χ3n) is 4.93. The summed E-state index contributed by atoms with van der Waals surface area (Å²) in [6, 6.07) is 9.37. The topological polar surface area (TPSA) is 113 Å². The molecule has 2 heterocycles. The number of benzene rings is 2. The number of hydrogen-bond acceptors (Lipinski definition) is 8. The average molecular weight is 444 g/mol. The van der Waals surface area contributed by atoms with E-state index in [0.29, 0.717) is 22.9 Å². The fourth-order valence-electron chi connectivity index (χ4n) is 3.42. The molecule has 10 nitrogen and oxygen atoms in total. The number of halogens is 1. The number of nitrogens with one attached hydrogen (secondary N) is 1. The molecule has 1 saturated heterocycles. The molecular formula is C20H18ClN5O5. The lowest BCUT2D eigenvalue weighted by Gasteiger charge is -2.20. The molecule has 1 fully saturated rings. The molecule has 0 radical (unpaired) electrons. The van der Waals surface area contributed by atoms with Gasteiger partial charge >= 0.3 is 0 Å². The van der Waals surface area contributed by atoms with E-state index in [9.17, 15) is 14.4 Å². The fourth-order valence-corrected chi connectivity index (χ4v) is 3.68. The van der Waals surface area contributed by atoms with Crippen LogP contribution in [0, 0.1) is 0 Å². The van der Waals surface area contributed by atoms with E-state index in [0.717, 1.165) is 4.90 Å². The van der Waals surface area contributed by atoms with E-state index in [1.807, 2.05) is 0 Å². The Kier molecular flexibility index (Phi) is 5.47. The van der Waals surface area contributed by atoms with Gasteiger partial charge in [0, 0.05) is 5.69 Å². The Labute approximate surface area is 182 Å². The molecule has 4 rings (SSSR count). The highest BCUT2D eigenvalue weighted by Crippen LogP contribution is 2.35. The molecule has 11 heteroatoms. The van der Waals surface area contributed by atoms with Gasteiger partial charge in [-0.3, -0.25) is 19.4 Å². The first kappa shape index (κ1) is 20.6. The first-order chi connectivity index (χ1) is 14.9. The summed E-state index contributed by atoms with van der Waals surface area (Å²) in [6.45, 7) is -0.243. The Morgan fingerprint density at radius 3 is 2.48 bits per heavy atom. The lowest BCUT2D eigenvalue weighted by molar-refractivity contribution is -0.123. The van der Waals surface area contributed by atoms with E-state index in [-0.39, 0.29) is 11.6 Å². The predicted molar refractivity (Wildman–Crippen MR) is 111 cm³/mol. The summed E-state index contributed by atoms with van der Waals surface area (Å²) >= 11 is 6.13. The number of amides is 3. The first-order valence-electron chi connectivity index (χ1n) is 9.25.